The standard InChI is InChI=1S/C16H21N3O2/c17-10-16(7-8-16)15(21)18-9-11-1-5-13(6-2-11)19-14(20)12-3-4-12/h1-2,5-6,12H,3-4,7-10,17H2,(H,18,21)(H,19,20). The van der Waals surface area contributed by atoms with Gasteiger partial charge in [0.05, 0.1) is 5.41 Å². The molecular weight excluding hydrogens is 266 g/mol. The maximum atomic E-state index is 12.0. The molecule has 1 aromatic carbocycles. The zero-order valence-corrected chi connectivity index (χ0v) is 12.0. The molecule has 4 N–H and O–H groups in total. The maximum Gasteiger partial charge on any atom is 0.227 e. The number of benzene rings is 1. The minimum Gasteiger partial charge on any atom is -0.352 e. The van der Waals surface area contributed by atoms with Crippen LogP contribution >= 0.6 is 0 Å². The number of hydrogen-bond acceptors (Lipinski definition) is 3. The van der Waals surface area contributed by atoms with Crippen LogP contribution < -0.4 is 16.4 Å². The van der Waals surface area contributed by atoms with Crippen LogP contribution in [0.25, 0.3) is 0 Å². The lowest BCUT2D eigenvalue weighted by atomic mass is 10.1. The second kappa shape index (κ2) is 5.48. The zero-order valence-electron chi connectivity index (χ0n) is 12.0. The summed E-state index contributed by atoms with van der Waals surface area (Å²) < 4.78 is 0. The molecule has 3 rings (SSSR count). The highest BCUT2D eigenvalue weighted by Crippen LogP contribution is 2.44. The van der Waals surface area contributed by atoms with Crippen molar-refractivity contribution in [2.75, 3.05) is 11.9 Å². The largest absolute Gasteiger partial charge is 0.352 e. The molecule has 0 radical (unpaired) electrons. The van der Waals surface area contributed by atoms with E-state index in [1.807, 2.05) is 24.3 Å². The van der Waals surface area contributed by atoms with Gasteiger partial charge >= 0.3 is 0 Å². The van der Waals surface area contributed by atoms with Crippen LogP contribution in [0.15, 0.2) is 24.3 Å². The molecule has 2 aliphatic carbocycles. The third-order valence-electron chi connectivity index (χ3n) is 4.35. The lowest BCUT2D eigenvalue weighted by Crippen LogP contribution is -2.36. The molecule has 0 aliphatic heterocycles. The molecule has 0 unspecified atom stereocenters. The van der Waals surface area contributed by atoms with Gasteiger partial charge in [-0.3, -0.25) is 9.59 Å². The fourth-order valence-electron chi connectivity index (χ4n) is 2.34. The van der Waals surface area contributed by atoms with Gasteiger partial charge in [0.2, 0.25) is 11.8 Å². The predicted octanol–water partition coefficient (Wildman–Crippen LogP) is 1.39. The van der Waals surface area contributed by atoms with Gasteiger partial charge < -0.3 is 16.4 Å². The van der Waals surface area contributed by atoms with Gasteiger partial charge in [0.15, 0.2) is 0 Å². The Hall–Kier alpha value is -1.88. The van der Waals surface area contributed by atoms with Crippen molar-refractivity contribution in [2.24, 2.45) is 17.1 Å². The Bertz CT molecular complexity index is 545. The highest BCUT2D eigenvalue weighted by atomic mass is 16.2. The number of rotatable bonds is 6. The van der Waals surface area contributed by atoms with Gasteiger partial charge in [-0.15, -0.1) is 0 Å². The molecule has 0 bridgehead atoms. The smallest absolute Gasteiger partial charge is 0.227 e. The Morgan fingerprint density at radius 2 is 1.86 bits per heavy atom. The van der Waals surface area contributed by atoms with Gasteiger partial charge in [-0.25, -0.2) is 0 Å². The van der Waals surface area contributed by atoms with Crippen molar-refractivity contribution in [1.29, 1.82) is 0 Å². The first-order valence-electron chi connectivity index (χ1n) is 7.51. The second-order valence-corrected chi connectivity index (χ2v) is 6.13. The fraction of sp³-hybridized carbons (Fsp3) is 0.500. The topological polar surface area (TPSA) is 84.2 Å². The Morgan fingerprint density at radius 3 is 2.38 bits per heavy atom. The summed E-state index contributed by atoms with van der Waals surface area (Å²) in [7, 11) is 0. The SMILES string of the molecule is NCC1(C(=O)NCc2ccc(NC(=O)C3CC3)cc2)CC1. The number of carbonyl (C=O) groups excluding carboxylic acids is 2. The molecule has 0 atom stereocenters. The molecular formula is C16H21N3O2. The summed E-state index contributed by atoms with van der Waals surface area (Å²) >= 11 is 0. The van der Waals surface area contributed by atoms with Gasteiger partial charge in [0, 0.05) is 24.7 Å². The molecule has 112 valence electrons. The third kappa shape index (κ3) is 3.24. The Balaban J connectivity index is 1.50. The lowest BCUT2D eigenvalue weighted by Gasteiger charge is -2.13. The van der Waals surface area contributed by atoms with Gasteiger partial charge in [0.1, 0.15) is 0 Å². The van der Waals surface area contributed by atoms with E-state index in [1.165, 1.54) is 0 Å². The molecule has 2 aliphatic rings. The summed E-state index contributed by atoms with van der Waals surface area (Å²) in [5.74, 6) is 0.362. The Morgan fingerprint density at radius 1 is 1.19 bits per heavy atom. The first-order chi connectivity index (χ1) is 10.1. The fourth-order valence-corrected chi connectivity index (χ4v) is 2.34. The molecule has 0 saturated heterocycles. The highest BCUT2D eigenvalue weighted by Gasteiger charge is 2.48. The summed E-state index contributed by atoms with van der Waals surface area (Å²) in [5.41, 5.74) is 7.15. The molecule has 0 aromatic heterocycles. The second-order valence-electron chi connectivity index (χ2n) is 6.13. The van der Waals surface area contributed by atoms with Gasteiger partial charge in [-0.2, -0.15) is 0 Å². The average Bonchev–Trinajstić information content (AvgIpc) is 3.40. The van der Waals surface area contributed by atoms with Crippen molar-refractivity contribution < 1.29 is 9.59 Å². The highest BCUT2D eigenvalue weighted by molar-refractivity contribution is 5.94. The van der Waals surface area contributed by atoms with E-state index in [9.17, 15) is 9.59 Å². The molecule has 5 nitrogen and oxygen atoms in total. The van der Waals surface area contributed by atoms with Crippen molar-refractivity contribution in [3.05, 3.63) is 29.8 Å². The number of carbonyl (C=O) groups is 2. The summed E-state index contributed by atoms with van der Waals surface area (Å²) in [6.07, 6.45) is 3.78. The summed E-state index contributed by atoms with van der Waals surface area (Å²) in [6, 6.07) is 7.59. The normalized spacial score (nSPS) is 18.9. The van der Waals surface area contributed by atoms with Crippen LogP contribution in [-0.4, -0.2) is 18.4 Å². The Kier molecular flexibility index (Phi) is 3.68. The average molecular weight is 287 g/mol. The first kappa shape index (κ1) is 14.1. The van der Waals surface area contributed by atoms with E-state index >= 15 is 0 Å². The monoisotopic (exact) mass is 287 g/mol. The van der Waals surface area contributed by atoms with Crippen LogP contribution in [0.4, 0.5) is 5.69 Å². The van der Waals surface area contributed by atoms with Crippen LogP contribution in [0.1, 0.15) is 31.2 Å². The van der Waals surface area contributed by atoms with Crippen molar-refractivity contribution in [1.82, 2.24) is 5.32 Å². The number of hydrogen-bond donors (Lipinski definition) is 3. The van der Waals surface area contributed by atoms with Crippen LogP contribution in [0.5, 0.6) is 0 Å². The van der Waals surface area contributed by atoms with Crippen LogP contribution in [-0.2, 0) is 16.1 Å². The molecule has 21 heavy (non-hydrogen) atoms. The van der Waals surface area contributed by atoms with E-state index in [2.05, 4.69) is 10.6 Å². The van der Waals surface area contributed by atoms with E-state index in [1.54, 1.807) is 0 Å². The van der Waals surface area contributed by atoms with E-state index in [0.717, 1.165) is 36.9 Å². The van der Waals surface area contributed by atoms with Crippen molar-refractivity contribution >= 4 is 17.5 Å². The lowest BCUT2D eigenvalue weighted by molar-refractivity contribution is -0.126. The van der Waals surface area contributed by atoms with E-state index in [0.29, 0.717) is 13.1 Å². The molecule has 2 saturated carbocycles. The quantitative estimate of drug-likeness (QED) is 0.739. The number of amides is 2. The van der Waals surface area contributed by atoms with Crippen LogP contribution in [0.3, 0.4) is 0 Å². The number of nitrogens with two attached hydrogens (primary N) is 1. The van der Waals surface area contributed by atoms with E-state index in [-0.39, 0.29) is 23.1 Å². The zero-order chi connectivity index (χ0) is 14.9. The molecule has 2 amide bonds. The molecule has 2 fully saturated rings. The maximum absolute atomic E-state index is 12.0. The van der Waals surface area contributed by atoms with Gasteiger partial charge in [-0.05, 0) is 43.4 Å². The Labute approximate surface area is 124 Å². The minimum atomic E-state index is -0.307. The van der Waals surface area contributed by atoms with Gasteiger partial charge in [0.25, 0.3) is 0 Å². The third-order valence-corrected chi connectivity index (χ3v) is 4.35. The summed E-state index contributed by atoms with van der Waals surface area (Å²) in [6.45, 7) is 0.919. The van der Waals surface area contributed by atoms with Crippen molar-refractivity contribution in [2.45, 2.75) is 32.2 Å². The molecule has 0 spiro atoms. The molecule has 5 heteroatoms. The van der Waals surface area contributed by atoms with Crippen molar-refractivity contribution in [3.8, 4) is 0 Å². The molecule has 0 heterocycles. The number of nitrogens with one attached hydrogen (secondary N) is 2. The molecule has 1 aromatic rings. The first-order valence-corrected chi connectivity index (χ1v) is 7.51. The summed E-state index contributed by atoms with van der Waals surface area (Å²) in [5, 5.41) is 5.83. The van der Waals surface area contributed by atoms with E-state index in [4.69, 9.17) is 5.73 Å². The number of anilines is 1. The minimum absolute atomic E-state index is 0.0520. The summed E-state index contributed by atoms with van der Waals surface area (Å²) in [4.78, 5) is 23.6. The van der Waals surface area contributed by atoms with Gasteiger partial charge in [-0.1, -0.05) is 12.1 Å². The van der Waals surface area contributed by atoms with E-state index < -0.39 is 0 Å². The van der Waals surface area contributed by atoms with Crippen LogP contribution in [0, 0.1) is 11.3 Å². The predicted molar refractivity (Wildman–Crippen MR) is 80.4 cm³/mol. The van der Waals surface area contributed by atoms with Crippen molar-refractivity contribution in [3.63, 3.8) is 0 Å². The van der Waals surface area contributed by atoms with Crippen LogP contribution in [0.2, 0.25) is 0 Å².